The normalized spacial score (nSPS) is 12.8. The molecule has 0 fully saturated rings. The van der Waals surface area contributed by atoms with Crippen molar-refractivity contribution in [1.29, 1.82) is 0 Å². The Morgan fingerprint density at radius 3 is 2.00 bits per heavy atom. The van der Waals surface area contributed by atoms with Gasteiger partial charge in [-0.25, -0.2) is 0 Å². The van der Waals surface area contributed by atoms with Crippen molar-refractivity contribution in [2.75, 3.05) is 0 Å². The SMILES string of the molecule is Cn1ccc(-c2ccc(C(C)(C)C)nc2C(C)(C)C)n1. The quantitative estimate of drug-likeness (QED) is 0.782. The highest BCUT2D eigenvalue weighted by molar-refractivity contribution is 5.63. The summed E-state index contributed by atoms with van der Waals surface area (Å²) in [6.07, 6.45) is 1.97. The molecule has 0 N–H and O–H groups in total. The van der Waals surface area contributed by atoms with Gasteiger partial charge >= 0.3 is 0 Å². The third-order valence-electron chi connectivity index (χ3n) is 3.36. The van der Waals surface area contributed by atoms with E-state index in [9.17, 15) is 0 Å². The molecule has 0 aromatic carbocycles. The van der Waals surface area contributed by atoms with Crippen LogP contribution < -0.4 is 0 Å². The van der Waals surface area contributed by atoms with Gasteiger partial charge in [-0.05, 0) is 18.2 Å². The Hall–Kier alpha value is -1.64. The van der Waals surface area contributed by atoms with Crippen LogP contribution in [0.4, 0.5) is 0 Å². The summed E-state index contributed by atoms with van der Waals surface area (Å²) in [5, 5.41) is 4.52. The molecule has 108 valence electrons. The summed E-state index contributed by atoms with van der Waals surface area (Å²) in [5.74, 6) is 0. The summed E-state index contributed by atoms with van der Waals surface area (Å²) in [6.45, 7) is 13.2. The number of aromatic nitrogens is 3. The largest absolute Gasteiger partial charge is 0.275 e. The standard InChI is InChI=1S/C17H25N3/c1-16(2,3)14-9-8-12(13-10-11-20(7)19-13)15(18-14)17(4,5)6/h8-11H,1-7H3. The number of hydrogen-bond donors (Lipinski definition) is 0. The lowest BCUT2D eigenvalue weighted by molar-refractivity contribution is 0.532. The van der Waals surface area contributed by atoms with Crippen molar-refractivity contribution >= 4 is 0 Å². The smallest absolute Gasteiger partial charge is 0.0941 e. The first-order valence-electron chi connectivity index (χ1n) is 7.11. The van der Waals surface area contributed by atoms with E-state index in [1.807, 2.05) is 24.0 Å². The minimum Gasteiger partial charge on any atom is -0.275 e. The summed E-state index contributed by atoms with van der Waals surface area (Å²) in [5.41, 5.74) is 4.42. The van der Waals surface area contributed by atoms with Crippen molar-refractivity contribution in [3.63, 3.8) is 0 Å². The van der Waals surface area contributed by atoms with E-state index in [0.29, 0.717) is 0 Å². The lowest BCUT2D eigenvalue weighted by Gasteiger charge is -2.25. The molecule has 0 unspecified atom stereocenters. The predicted octanol–water partition coefficient (Wildman–Crippen LogP) is 4.08. The van der Waals surface area contributed by atoms with Crippen LogP contribution in [-0.2, 0) is 17.9 Å². The van der Waals surface area contributed by atoms with Crippen LogP contribution in [-0.4, -0.2) is 14.8 Å². The van der Waals surface area contributed by atoms with Gasteiger partial charge in [-0.1, -0.05) is 41.5 Å². The van der Waals surface area contributed by atoms with Gasteiger partial charge in [-0.2, -0.15) is 5.10 Å². The molecule has 0 amide bonds. The molecule has 0 aliphatic carbocycles. The second-order valence-electron chi connectivity index (χ2n) is 7.47. The Balaban J connectivity index is 2.64. The third kappa shape index (κ3) is 2.92. The summed E-state index contributed by atoms with van der Waals surface area (Å²) in [6, 6.07) is 6.33. The Bertz CT molecular complexity index is 610. The minimum atomic E-state index is -0.00584. The molecule has 0 aliphatic rings. The van der Waals surface area contributed by atoms with E-state index < -0.39 is 0 Å². The highest BCUT2D eigenvalue weighted by Crippen LogP contribution is 2.33. The van der Waals surface area contributed by atoms with Crippen molar-refractivity contribution < 1.29 is 0 Å². The fourth-order valence-corrected chi connectivity index (χ4v) is 2.21. The number of rotatable bonds is 1. The molecule has 0 bridgehead atoms. The van der Waals surface area contributed by atoms with Gasteiger partial charge in [0, 0.05) is 35.3 Å². The molecule has 2 aromatic heterocycles. The molecule has 0 saturated carbocycles. The second kappa shape index (κ2) is 4.72. The first kappa shape index (κ1) is 14.8. The maximum absolute atomic E-state index is 4.95. The maximum atomic E-state index is 4.95. The summed E-state index contributed by atoms with van der Waals surface area (Å²) in [4.78, 5) is 4.95. The van der Waals surface area contributed by atoms with E-state index in [1.165, 1.54) is 0 Å². The molecule has 3 heteroatoms. The Morgan fingerprint density at radius 2 is 1.55 bits per heavy atom. The molecule has 0 radical (unpaired) electrons. The van der Waals surface area contributed by atoms with Crippen LogP contribution in [0.5, 0.6) is 0 Å². The Labute approximate surface area is 122 Å². The molecule has 0 aliphatic heterocycles. The summed E-state index contributed by atoms with van der Waals surface area (Å²) in [7, 11) is 1.94. The fourth-order valence-electron chi connectivity index (χ4n) is 2.21. The summed E-state index contributed by atoms with van der Waals surface area (Å²) >= 11 is 0. The predicted molar refractivity (Wildman–Crippen MR) is 83.8 cm³/mol. The molecule has 2 rings (SSSR count). The van der Waals surface area contributed by atoms with Crippen molar-refractivity contribution in [1.82, 2.24) is 14.8 Å². The number of hydrogen-bond acceptors (Lipinski definition) is 2. The van der Waals surface area contributed by atoms with Gasteiger partial charge in [0.1, 0.15) is 0 Å². The average Bonchev–Trinajstić information content (AvgIpc) is 2.72. The van der Waals surface area contributed by atoms with Crippen LogP contribution in [0.3, 0.4) is 0 Å². The van der Waals surface area contributed by atoms with Crippen LogP contribution >= 0.6 is 0 Å². The van der Waals surface area contributed by atoms with Gasteiger partial charge in [0.05, 0.1) is 11.4 Å². The number of pyridine rings is 1. The van der Waals surface area contributed by atoms with E-state index >= 15 is 0 Å². The van der Waals surface area contributed by atoms with E-state index in [-0.39, 0.29) is 10.8 Å². The molecular formula is C17H25N3. The topological polar surface area (TPSA) is 30.7 Å². The molecule has 0 saturated heterocycles. The van der Waals surface area contributed by atoms with Crippen LogP contribution in [0.2, 0.25) is 0 Å². The molecule has 2 heterocycles. The second-order valence-corrected chi connectivity index (χ2v) is 7.47. The lowest BCUT2D eigenvalue weighted by atomic mass is 9.85. The van der Waals surface area contributed by atoms with Gasteiger partial charge in [-0.15, -0.1) is 0 Å². The first-order chi connectivity index (χ1) is 9.09. The Morgan fingerprint density at radius 1 is 0.900 bits per heavy atom. The van der Waals surface area contributed by atoms with Crippen LogP contribution in [0.15, 0.2) is 24.4 Å². The van der Waals surface area contributed by atoms with Crippen molar-refractivity contribution in [2.24, 2.45) is 7.05 Å². The number of nitrogens with zero attached hydrogens (tertiary/aromatic N) is 3. The molecule has 20 heavy (non-hydrogen) atoms. The molecule has 2 aromatic rings. The molecule has 0 spiro atoms. The van der Waals surface area contributed by atoms with Crippen LogP contribution in [0.1, 0.15) is 52.9 Å². The average molecular weight is 271 g/mol. The van der Waals surface area contributed by atoms with Crippen LogP contribution in [0, 0.1) is 0 Å². The van der Waals surface area contributed by atoms with Crippen LogP contribution in [0.25, 0.3) is 11.3 Å². The zero-order valence-corrected chi connectivity index (χ0v) is 13.7. The Kier molecular flexibility index (Phi) is 3.49. The van der Waals surface area contributed by atoms with E-state index in [2.05, 4.69) is 58.8 Å². The maximum Gasteiger partial charge on any atom is 0.0941 e. The van der Waals surface area contributed by atoms with Gasteiger partial charge in [0.15, 0.2) is 0 Å². The van der Waals surface area contributed by atoms with Crippen molar-refractivity contribution in [3.05, 3.63) is 35.8 Å². The monoisotopic (exact) mass is 271 g/mol. The van der Waals surface area contributed by atoms with Gasteiger partial charge in [0.25, 0.3) is 0 Å². The van der Waals surface area contributed by atoms with Gasteiger partial charge in [-0.3, -0.25) is 9.67 Å². The third-order valence-corrected chi connectivity index (χ3v) is 3.36. The highest BCUT2D eigenvalue weighted by atomic mass is 15.2. The lowest BCUT2D eigenvalue weighted by Crippen LogP contribution is -2.21. The van der Waals surface area contributed by atoms with E-state index in [4.69, 9.17) is 4.98 Å². The van der Waals surface area contributed by atoms with Crippen molar-refractivity contribution in [3.8, 4) is 11.3 Å². The van der Waals surface area contributed by atoms with E-state index in [0.717, 1.165) is 22.6 Å². The highest BCUT2D eigenvalue weighted by Gasteiger charge is 2.25. The zero-order chi connectivity index (χ0) is 15.1. The molecular weight excluding hydrogens is 246 g/mol. The van der Waals surface area contributed by atoms with E-state index in [1.54, 1.807) is 0 Å². The molecule has 3 nitrogen and oxygen atoms in total. The zero-order valence-electron chi connectivity index (χ0n) is 13.7. The fraction of sp³-hybridized carbons (Fsp3) is 0.529. The number of aryl methyl sites for hydroxylation is 1. The minimum absolute atomic E-state index is 0.00584. The van der Waals surface area contributed by atoms with Gasteiger partial charge < -0.3 is 0 Å². The summed E-state index contributed by atoms with van der Waals surface area (Å²) < 4.78 is 1.83. The first-order valence-corrected chi connectivity index (χ1v) is 7.11. The van der Waals surface area contributed by atoms with Crippen molar-refractivity contribution in [2.45, 2.75) is 52.4 Å². The molecule has 0 atom stereocenters. The van der Waals surface area contributed by atoms with Gasteiger partial charge in [0.2, 0.25) is 0 Å².